The van der Waals surface area contributed by atoms with Crippen molar-refractivity contribution in [3.05, 3.63) is 46.6 Å². The number of fused-ring (bicyclic) bond motifs is 6. The lowest BCUT2D eigenvalue weighted by molar-refractivity contribution is 0.0414. The topological polar surface area (TPSA) is 86.2 Å². The molecule has 3 saturated heterocycles. The van der Waals surface area contributed by atoms with Crippen LogP contribution < -0.4 is 19.9 Å². The highest BCUT2D eigenvalue weighted by molar-refractivity contribution is 6.36. The fourth-order valence-electron chi connectivity index (χ4n) is 7.58. The summed E-state index contributed by atoms with van der Waals surface area (Å²) in [4.78, 5) is 17.2. The zero-order valence-electron chi connectivity index (χ0n) is 22.7. The fourth-order valence-corrected chi connectivity index (χ4v) is 7.86. The van der Waals surface area contributed by atoms with Gasteiger partial charge in [-0.25, -0.2) is 0 Å². The summed E-state index contributed by atoms with van der Waals surface area (Å²) >= 11 is 6.72. The van der Waals surface area contributed by atoms with Crippen molar-refractivity contribution in [2.24, 2.45) is 0 Å². The molecule has 3 aromatic rings. The Hall–Kier alpha value is -2.85. The van der Waals surface area contributed by atoms with Crippen molar-refractivity contribution in [1.29, 1.82) is 0 Å². The molecular formula is C30H35ClN6O3. The lowest BCUT2D eigenvalue weighted by Crippen LogP contribution is -2.59. The molecule has 1 aromatic heterocycles. The van der Waals surface area contributed by atoms with Crippen LogP contribution in [0.25, 0.3) is 10.8 Å². The van der Waals surface area contributed by atoms with Gasteiger partial charge in [0.15, 0.2) is 0 Å². The van der Waals surface area contributed by atoms with Crippen molar-refractivity contribution >= 4 is 33.9 Å². The van der Waals surface area contributed by atoms with Gasteiger partial charge in [-0.15, -0.1) is 0 Å². The number of aromatic hydroxyl groups is 1. The van der Waals surface area contributed by atoms with E-state index in [1.165, 1.54) is 12.8 Å². The van der Waals surface area contributed by atoms with E-state index in [0.717, 1.165) is 59.5 Å². The van der Waals surface area contributed by atoms with Gasteiger partial charge in [0.1, 0.15) is 24.3 Å². The second-order valence-electron chi connectivity index (χ2n) is 12.1. The number of nitrogens with zero attached hydrogens (tertiary/aromatic N) is 5. The summed E-state index contributed by atoms with van der Waals surface area (Å²) in [5.41, 5.74) is 2.89. The van der Waals surface area contributed by atoms with Crippen molar-refractivity contribution in [3.8, 4) is 11.8 Å². The smallest absolute Gasteiger partial charge is 0.318 e. The maximum absolute atomic E-state index is 10.6. The Morgan fingerprint density at radius 3 is 2.98 bits per heavy atom. The number of rotatable bonds is 4. The molecule has 10 heteroatoms. The molecule has 5 aliphatic heterocycles. The number of phenolic OH excluding ortho intramolecular Hbond substituents is 1. The fraction of sp³-hybridized carbons (Fsp3) is 0.533. The maximum Gasteiger partial charge on any atom is 0.318 e. The quantitative estimate of drug-likeness (QED) is 0.492. The van der Waals surface area contributed by atoms with Crippen molar-refractivity contribution in [2.75, 3.05) is 49.7 Å². The number of hydrogen-bond donors (Lipinski definition) is 2. The predicted molar refractivity (Wildman–Crippen MR) is 155 cm³/mol. The molecule has 3 fully saturated rings. The van der Waals surface area contributed by atoms with Gasteiger partial charge >= 0.3 is 6.01 Å². The highest BCUT2D eigenvalue weighted by Crippen LogP contribution is 2.45. The first-order valence-electron chi connectivity index (χ1n) is 14.6. The number of piperazine rings is 1. The van der Waals surface area contributed by atoms with Gasteiger partial charge in [0.25, 0.3) is 0 Å². The number of nitrogens with one attached hydrogen (secondary N) is 1. The molecule has 2 aromatic carbocycles. The summed E-state index contributed by atoms with van der Waals surface area (Å²) in [5.74, 6) is 1.19. The molecule has 0 saturated carbocycles. The monoisotopic (exact) mass is 562 g/mol. The molecule has 0 radical (unpaired) electrons. The second kappa shape index (κ2) is 9.62. The molecule has 0 spiro atoms. The molecule has 5 atom stereocenters. The standard InChI is InChI=1S/C30H35ClN6O3/c1-35-9-3-5-19(35)15-40-30-33-23-13-36(24-11-20(38)10-17-4-2-6-21(31)27(17)24)14-26-28(23)29(34-30)37-12-18-7-8-22(32-18)25(37)16-39-26/h2,4,6,10-11,18-19,22,25-26,32,38H,3,5,7-9,12-16H2,1H3. The number of benzene rings is 2. The van der Waals surface area contributed by atoms with Gasteiger partial charge in [0, 0.05) is 48.2 Å². The molecule has 9 nitrogen and oxygen atoms in total. The van der Waals surface area contributed by atoms with E-state index in [-0.39, 0.29) is 17.9 Å². The number of aromatic nitrogens is 2. The number of ether oxygens (including phenoxy) is 2. The number of phenols is 1. The van der Waals surface area contributed by atoms with E-state index in [1.807, 2.05) is 18.2 Å². The summed E-state index contributed by atoms with van der Waals surface area (Å²) in [6, 6.07) is 11.3. The molecule has 5 aliphatic rings. The van der Waals surface area contributed by atoms with Crippen molar-refractivity contribution in [3.63, 3.8) is 0 Å². The molecule has 6 heterocycles. The van der Waals surface area contributed by atoms with Crippen LogP contribution in [0.1, 0.15) is 43.0 Å². The molecule has 2 N–H and O–H groups in total. The molecule has 2 bridgehead atoms. The molecule has 8 rings (SSSR count). The van der Waals surface area contributed by atoms with E-state index in [9.17, 15) is 5.11 Å². The lowest BCUT2D eigenvalue weighted by atomic mass is 9.99. The van der Waals surface area contributed by atoms with E-state index in [2.05, 4.69) is 27.1 Å². The Morgan fingerprint density at radius 2 is 2.10 bits per heavy atom. The van der Waals surface area contributed by atoms with E-state index in [4.69, 9.17) is 31.0 Å². The number of hydrogen-bond acceptors (Lipinski definition) is 9. The minimum atomic E-state index is -0.197. The highest BCUT2D eigenvalue weighted by atomic mass is 35.5. The van der Waals surface area contributed by atoms with Crippen LogP contribution >= 0.6 is 11.6 Å². The summed E-state index contributed by atoms with van der Waals surface area (Å²) in [6.07, 6.45) is 4.47. The highest BCUT2D eigenvalue weighted by Gasteiger charge is 2.46. The molecule has 0 amide bonds. The first kappa shape index (κ1) is 24.9. The van der Waals surface area contributed by atoms with Crippen LogP contribution in [0.3, 0.4) is 0 Å². The molecular weight excluding hydrogens is 528 g/mol. The van der Waals surface area contributed by atoms with Crippen LogP contribution in [-0.4, -0.2) is 84.0 Å². The number of likely N-dealkylation sites (tertiary alicyclic amines) is 1. The Kier molecular flexibility index (Phi) is 5.99. The molecule has 40 heavy (non-hydrogen) atoms. The second-order valence-corrected chi connectivity index (χ2v) is 12.5. The van der Waals surface area contributed by atoms with Gasteiger partial charge in [-0.1, -0.05) is 23.7 Å². The van der Waals surface area contributed by atoms with Crippen LogP contribution in [0, 0.1) is 0 Å². The largest absolute Gasteiger partial charge is 0.508 e. The average molecular weight is 563 g/mol. The summed E-state index contributed by atoms with van der Waals surface area (Å²) in [7, 11) is 2.16. The lowest BCUT2D eigenvalue weighted by Gasteiger charge is -2.41. The van der Waals surface area contributed by atoms with Crippen molar-refractivity contribution in [1.82, 2.24) is 20.2 Å². The normalized spacial score (nSPS) is 29.4. The van der Waals surface area contributed by atoms with E-state index in [0.29, 0.717) is 55.5 Å². The van der Waals surface area contributed by atoms with Crippen LogP contribution in [0.15, 0.2) is 30.3 Å². The van der Waals surface area contributed by atoms with Crippen LogP contribution in [0.2, 0.25) is 5.02 Å². The third kappa shape index (κ3) is 4.09. The number of halogens is 1. The predicted octanol–water partition coefficient (Wildman–Crippen LogP) is 3.86. The maximum atomic E-state index is 10.6. The Balaban J connectivity index is 1.22. The molecule has 5 unspecified atom stereocenters. The van der Waals surface area contributed by atoms with Crippen LogP contribution in [0.5, 0.6) is 11.8 Å². The summed E-state index contributed by atoms with van der Waals surface area (Å²) in [5, 5.41) is 16.9. The summed E-state index contributed by atoms with van der Waals surface area (Å²) in [6.45, 7) is 4.41. The van der Waals surface area contributed by atoms with E-state index >= 15 is 0 Å². The van der Waals surface area contributed by atoms with Gasteiger partial charge < -0.3 is 34.6 Å². The van der Waals surface area contributed by atoms with Gasteiger partial charge in [0.2, 0.25) is 0 Å². The minimum absolute atomic E-state index is 0.197. The van der Waals surface area contributed by atoms with E-state index < -0.39 is 0 Å². The Labute approximate surface area is 239 Å². The van der Waals surface area contributed by atoms with Crippen molar-refractivity contribution in [2.45, 2.75) is 62.5 Å². The molecule has 210 valence electrons. The summed E-state index contributed by atoms with van der Waals surface area (Å²) < 4.78 is 13.0. The minimum Gasteiger partial charge on any atom is -0.508 e. The van der Waals surface area contributed by atoms with E-state index in [1.54, 1.807) is 12.1 Å². The Bertz CT molecular complexity index is 1470. The molecule has 0 aliphatic carbocycles. The van der Waals surface area contributed by atoms with Gasteiger partial charge in [-0.3, -0.25) is 0 Å². The van der Waals surface area contributed by atoms with Crippen molar-refractivity contribution < 1.29 is 14.6 Å². The van der Waals surface area contributed by atoms with Crippen LogP contribution in [0.4, 0.5) is 11.5 Å². The number of likely N-dealkylation sites (N-methyl/N-ethyl adjacent to an activating group) is 1. The Morgan fingerprint density at radius 1 is 1.18 bits per heavy atom. The van der Waals surface area contributed by atoms with Crippen LogP contribution in [-0.2, 0) is 11.3 Å². The van der Waals surface area contributed by atoms with Gasteiger partial charge in [-0.2, -0.15) is 9.97 Å². The first-order valence-corrected chi connectivity index (χ1v) is 14.9. The first-order chi connectivity index (χ1) is 19.5. The van der Waals surface area contributed by atoms with Gasteiger partial charge in [-0.05, 0) is 56.8 Å². The number of anilines is 2. The zero-order valence-corrected chi connectivity index (χ0v) is 23.5. The SMILES string of the molecule is CN1CCCC1COc1nc2c3c(n1)N1CC4CCC(N4)C1COC3CN(c1cc(O)cc3cccc(Cl)c13)C2. The average Bonchev–Trinajstić information content (AvgIpc) is 3.50. The van der Waals surface area contributed by atoms with Gasteiger partial charge in [0.05, 0.1) is 35.6 Å². The zero-order chi connectivity index (χ0) is 27.0. The third-order valence-corrected chi connectivity index (χ3v) is 9.95. The third-order valence-electron chi connectivity index (χ3n) is 9.64.